The van der Waals surface area contributed by atoms with E-state index in [0.717, 1.165) is 37.1 Å². The Hall–Kier alpha value is -1.15. The van der Waals surface area contributed by atoms with Crippen molar-refractivity contribution in [3.63, 3.8) is 0 Å². The van der Waals surface area contributed by atoms with Crippen LogP contribution in [0.25, 0.3) is 0 Å². The van der Waals surface area contributed by atoms with E-state index in [9.17, 15) is 0 Å². The van der Waals surface area contributed by atoms with E-state index in [4.69, 9.17) is 9.41 Å². The van der Waals surface area contributed by atoms with Crippen LogP contribution in [0.4, 0.5) is 0 Å². The van der Waals surface area contributed by atoms with Gasteiger partial charge in [0.1, 0.15) is 12.3 Å². The van der Waals surface area contributed by atoms with Crippen molar-refractivity contribution in [3.8, 4) is 0 Å². The van der Waals surface area contributed by atoms with Crippen LogP contribution in [-0.2, 0) is 6.54 Å². The van der Waals surface area contributed by atoms with Crippen LogP contribution < -0.4 is 5.32 Å². The number of aliphatic imine (C=N–C) groups is 1. The zero-order valence-electron chi connectivity index (χ0n) is 14.6. The summed E-state index contributed by atoms with van der Waals surface area (Å²) in [5, 5.41) is 3.41. The maximum absolute atomic E-state index is 5.38. The van der Waals surface area contributed by atoms with Crippen molar-refractivity contribution in [2.24, 2.45) is 10.9 Å². The molecule has 1 aromatic carbocycles. The zero-order chi connectivity index (χ0) is 16.6. The molecule has 1 aromatic heterocycles. The van der Waals surface area contributed by atoms with Gasteiger partial charge in [-0.05, 0) is 43.5 Å². The molecule has 136 valence electrons. The number of halogens is 1. The first-order chi connectivity index (χ1) is 11.8. The van der Waals surface area contributed by atoms with E-state index < -0.39 is 0 Å². The van der Waals surface area contributed by atoms with Crippen molar-refractivity contribution in [3.05, 3.63) is 54.5 Å². The second kappa shape index (κ2) is 10.8. The summed E-state index contributed by atoms with van der Waals surface area (Å²) in [5.74, 6) is 3.78. The lowest BCUT2D eigenvalue weighted by atomic mass is 10.2. The Morgan fingerprint density at radius 2 is 2.12 bits per heavy atom. The summed E-state index contributed by atoms with van der Waals surface area (Å²) in [5.41, 5.74) is 0. The first-order valence-electron chi connectivity index (χ1n) is 8.58. The normalized spacial score (nSPS) is 17.4. The Bertz CT molecular complexity index is 633. The molecular formula is C19H26IN3OS. The number of hydrogen-bond acceptors (Lipinski definition) is 3. The highest BCUT2D eigenvalue weighted by atomic mass is 127. The molecule has 2 aromatic rings. The van der Waals surface area contributed by atoms with Gasteiger partial charge in [0.2, 0.25) is 0 Å². The lowest BCUT2D eigenvalue weighted by Gasteiger charge is -2.21. The van der Waals surface area contributed by atoms with Crippen LogP contribution in [0.1, 0.15) is 19.1 Å². The van der Waals surface area contributed by atoms with Gasteiger partial charge in [0, 0.05) is 30.3 Å². The van der Waals surface area contributed by atoms with E-state index in [-0.39, 0.29) is 24.0 Å². The fraction of sp³-hybridized carbons (Fsp3) is 0.421. The lowest BCUT2D eigenvalue weighted by Crippen LogP contribution is -2.40. The third kappa shape index (κ3) is 6.26. The van der Waals surface area contributed by atoms with E-state index in [0.29, 0.717) is 12.5 Å². The summed E-state index contributed by atoms with van der Waals surface area (Å²) in [6.45, 7) is 5.74. The molecule has 1 N–H and O–H groups in total. The molecular weight excluding hydrogens is 445 g/mol. The minimum atomic E-state index is 0. The Morgan fingerprint density at radius 1 is 1.28 bits per heavy atom. The molecule has 0 spiro atoms. The van der Waals surface area contributed by atoms with Gasteiger partial charge < -0.3 is 14.6 Å². The van der Waals surface area contributed by atoms with Crippen LogP contribution in [0.3, 0.4) is 0 Å². The molecule has 0 radical (unpaired) electrons. The molecule has 1 aliphatic rings. The lowest BCUT2D eigenvalue weighted by molar-refractivity contribution is 0.468. The average molecular weight is 471 g/mol. The van der Waals surface area contributed by atoms with Gasteiger partial charge in [-0.3, -0.25) is 0 Å². The molecule has 0 aliphatic carbocycles. The zero-order valence-corrected chi connectivity index (χ0v) is 17.7. The third-order valence-corrected chi connectivity index (χ3v) is 5.36. The summed E-state index contributed by atoms with van der Waals surface area (Å²) in [4.78, 5) is 8.46. The molecule has 0 saturated carbocycles. The molecule has 0 bridgehead atoms. The summed E-state index contributed by atoms with van der Waals surface area (Å²) in [6, 6.07) is 14.5. The molecule has 1 saturated heterocycles. The van der Waals surface area contributed by atoms with Crippen LogP contribution in [0.5, 0.6) is 0 Å². The second-order valence-corrected chi connectivity index (χ2v) is 7.07. The first-order valence-corrected chi connectivity index (χ1v) is 9.57. The maximum Gasteiger partial charge on any atom is 0.194 e. The SMILES string of the molecule is CCNC(=NCc1ccco1)N1CCC(CSc2ccccc2)C1.I. The molecule has 3 rings (SSSR count). The molecule has 1 fully saturated rings. The molecule has 25 heavy (non-hydrogen) atoms. The van der Waals surface area contributed by atoms with E-state index in [1.807, 2.05) is 23.9 Å². The predicted octanol–water partition coefficient (Wildman–Crippen LogP) is 4.48. The predicted molar refractivity (Wildman–Crippen MR) is 116 cm³/mol. The van der Waals surface area contributed by atoms with Crippen molar-refractivity contribution >= 4 is 41.7 Å². The molecule has 1 aliphatic heterocycles. The van der Waals surface area contributed by atoms with Gasteiger partial charge in [-0.25, -0.2) is 4.99 Å². The van der Waals surface area contributed by atoms with E-state index in [1.54, 1.807) is 6.26 Å². The number of guanidine groups is 1. The van der Waals surface area contributed by atoms with Crippen molar-refractivity contribution in [2.75, 3.05) is 25.4 Å². The summed E-state index contributed by atoms with van der Waals surface area (Å²) >= 11 is 1.95. The van der Waals surface area contributed by atoms with Crippen LogP contribution in [0.15, 0.2) is 63.0 Å². The van der Waals surface area contributed by atoms with Crippen LogP contribution >= 0.6 is 35.7 Å². The number of furan rings is 1. The van der Waals surface area contributed by atoms with Gasteiger partial charge >= 0.3 is 0 Å². The van der Waals surface area contributed by atoms with Crippen molar-refractivity contribution in [2.45, 2.75) is 24.8 Å². The quantitative estimate of drug-likeness (QED) is 0.292. The van der Waals surface area contributed by atoms with Gasteiger partial charge in [0.05, 0.1) is 6.26 Å². The monoisotopic (exact) mass is 471 g/mol. The minimum absolute atomic E-state index is 0. The van der Waals surface area contributed by atoms with Gasteiger partial charge in [-0.2, -0.15) is 0 Å². The number of nitrogens with zero attached hydrogens (tertiary/aromatic N) is 2. The number of thioether (sulfide) groups is 1. The van der Waals surface area contributed by atoms with Gasteiger partial charge in [0.15, 0.2) is 5.96 Å². The van der Waals surface area contributed by atoms with E-state index in [1.165, 1.54) is 11.3 Å². The van der Waals surface area contributed by atoms with E-state index in [2.05, 4.69) is 47.5 Å². The van der Waals surface area contributed by atoms with Crippen LogP contribution in [-0.4, -0.2) is 36.2 Å². The standard InChI is InChI=1S/C19H25N3OS.HI/c1-2-20-19(21-13-17-7-6-12-23-17)22-11-10-16(14-22)15-24-18-8-4-3-5-9-18;/h3-9,12,16H,2,10-11,13-15H2,1H3,(H,20,21);1H. The Kier molecular flexibility index (Phi) is 8.67. The fourth-order valence-electron chi connectivity index (χ4n) is 2.87. The molecule has 2 heterocycles. The van der Waals surface area contributed by atoms with Gasteiger partial charge in [-0.1, -0.05) is 18.2 Å². The molecule has 1 atom stereocenters. The number of hydrogen-bond donors (Lipinski definition) is 1. The minimum Gasteiger partial charge on any atom is -0.467 e. The second-order valence-electron chi connectivity index (χ2n) is 5.97. The highest BCUT2D eigenvalue weighted by Crippen LogP contribution is 2.25. The van der Waals surface area contributed by atoms with Crippen LogP contribution in [0.2, 0.25) is 0 Å². The highest BCUT2D eigenvalue weighted by Gasteiger charge is 2.24. The summed E-state index contributed by atoms with van der Waals surface area (Å²) in [7, 11) is 0. The third-order valence-electron chi connectivity index (χ3n) is 4.11. The Balaban J connectivity index is 0.00000225. The molecule has 6 heteroatoms. The maximum atomic E-state index is 5.38. The van der Waals surface area contributed by atoms with Crippen LogP contribution in [0, 0.1) is 5.92 Å². The van der Waals surface area contributed by atoms with Crippen molar-refractivity contribution in [1.82, 2.24) is 10.2 Å². The molecule has 4 nitrogen and oxygen atoms in total. The summed E-state index contributed by atoms with van der Waals surface area (Å²) < 4.78 is 5.38. The topological polar surface area (TPSA) is 40.8 Å². The van der Waals surface area contributed by atoms with Gasteiger partial charge in [0.25, 0.3) is 0 Å². The first kappa shape index (κ1) is 20.2. The Labute approximate surface area is 171 Å². The van der Waals surface area contributed by atoms with Gasteiger partial charge in [-0.15, -0.1) is 35.7 Å². The smallest absolute Gasteiger partial charge is 0.194 e. The number of nitrogens with one attached hydrogen (secondary N) is 1. The van der Waals surface area contributed by atoms with Crippen molar-refractivity contribution < 1.29 is 4.42 Å². The number of rotatable bonds is 6. The highest BCUT2D eigenvalue weighted by molar-refractivity contribution is 14.0. The average Bonchev–Trinajstić information content (AvgIpc) is 3.29. The fourth-order valence-corrected chi connectivity index (χ4v) is 3.92. The van der Waals surface area contributed by atoms with E-state index >= 15 is 0 Å². The summed E-state index contributed by atoms with van der Waals surface area (Å²) in [6.07, 6.45) is 2.93. The number of benzene rings is 1. The Morgan fingerprint density at radius 3 is 2.84 bits per heavy atom. The van der Waals surface area contributed by atoms with Crippen molar-refractivity contribution in [1.29, 1.82) is 0 Å². The number of likely N-dealkylation sites (tertiary alicyclic amines) is 1. The largest absolute Gasteiger partial charge is 0.467 e. The molecule has 1 unspecified atom stereocenters. The molecule has 0 amide bonds.